The van der Waals surface area contributed by atoms with Crippen LogP contribution in [0.4, 0.5) is 0 Å². The molecule has 3 heteroatoms. The van der Waals surface area contributed by atoms with Gasteiger partial charge in [0.1, 0.15) is 11.5 Å². The standard InChI is InChI=1S/C19H24O3/c1-18-10-11-19(22-17(18)8-7-16(18)20)9-3-4-13-12-14(21-2)5-6-15(13)19/h5-6,12,17H,3-4,7-11H2,1-2H3/t17-,18+,19+/m0/s1. The highest BCUT2D eigenvalue weighted by Crippen LogP contribution is 2.54. The van der Waals surface area contributed by atoms with Crippen molar-refractivity contribution >= 4 is 5.78 Å². The predicted octanol–water partition coefficient (Wildman–Crippen LogP) is 3.78. The highest BCUT2D eigenvalue weighted by molar-refractivity contribution is 5.87. The molecular formula is C19H24O3. The lowest BCUT2D eigenvalue weighted by Crippen LogP contribution is -2.49. The van der Waals surface area contributed by atoms with Crippen molar-refractivity contribution in [1.82, 2.24) is 0 Å². The molecule has 1 saturated carbocycles. The third-order valence-electron chi connectivity index (χ3n) is 6.23. The third kappa shape index (κ3) is 1.88. The molecule has 2 fully saturated rings. The number of carbonyl (C=O) groups is 1. The number of ketones is 1. The molecule has 0 bridgehead atoms. The molecule has 1 spiro atoms. The zero-order valence-corrected chi connectivity index (χ0v) is 13.5. The quantitative estimate of drug-likeness (QED) is 0.792. The summed E-state index contributed by atoms with van der Waals surface area (Å²) in [4.78, 5) is 12.2. The Morgan fingerprint density at radius 3 is 2.91 bits per heavy atom. The van der Waals surface area contributed by atoms with Crippen molar-refractivity contribution in [3.63, 3.8) is 0 Å². The average Bonchev–Trinajstić information content (AvgIpc) is 2.83. The Morgan fingerprint density at radius 2 is 2.09 bits per heavy atom. The Bertz CT molecular complexity index is 623. The summed E-state index contributed by atoms with van der Waals surface area (Å²) in [5.74, 6) is 1.32. The van der Waals surface area contributed by atoms with E-state index in [0.717, 1.165) is 44.3 Å². The monoisotopic (exact) mass is 300 g/mol. The van der Waals surface area contributed by atoms with E-state index < -0.39 is 0 Å². The van der Waals surface area contributed by atoms with Crippen molar-refractivity contribution in [2.45, 2.75) is 63.6 Å². The number of hydrogen-bond acceptors (Lipinski definition) is 3. The van der Waals surface area contributed by atoms with Crippen LogP contribution in [0.25, 0.3) is 0 Å². The van der Waals surface area contributed by atoms with Gasteiger partial charge in [-0.1, -0.05) is 13.0 Å². The van der Waals surface area contributed by atoms with Crippen LogP contribution in [0, 0.1) is 5.41 Å². The van der Waals surface area contributed by atoms with Crippen LogP contribution in [-0.2, 0) is 21.6 Å². The van der Waals surface area contributed by atoms with Gasteiger partial charge in [-0.3, -0.25) is 4.79 Å². The van der Waals surface area contributed by atoms with E-state index in [2.05, 4.69) is 19.1 Å². The minimum atomic E-state index is -0.241. The Hall–Kier alpha value is -1.35. The van der Waals surface area contributed by atoms with Gasteiger partial charge in [0.15, 0.2) is 0 Å². The van der Waals surface area contributed by atoms with Crippen LogP contribution in [0.5, 0.6) is 5.75 Å². The Morgan fingerprint density at radius 1 is 1.23 bits per heavy atom. The van der Waals surface area contributed by atoms with Gasteiger partial charge in [0.05, 0.1) is 24.2 Å². The van der Waals surface area contributed by atoms with Crippen molar-refractivity contribution in [3.05, 3.63) is 29.3 Å². The number of benzene rings is 1. The van der Waals surface area contributed by atoms with Crippen LogP contribution in [0.1, 0.15) is 56.6 Å². The second kappa shape index (κ2) is 4.82. The molecule has 3 nitrogen and oxygen atoms in total. The lowest BCUT2D eigenvalue weighted by molar-refractivity contribution is -0.186. The van der Waals surface area contributed by atoms with Gasteiger partial charge in [-0.05, 0) is 61.8 Å². The Balaban J connectivity index is 1.71. The van der Waals surface area contributed by atoms with Crippen LogP contribution in [0.2, 0.25) is 0 Å². The zero-order valence-electron chi connectivity index (χ0n) is 13.5. The van der Waals surface area contributed by atoms with Crippen molar-refractivity contribution in [1.29, 1.82) is 0 Å². The van der Waals surface area contributed by atoms with E-state index in [-0.39, 0.29) is 17.1 Å². The number of rotatable bonds is 1. The van der Waals surface area contributed by atoms with Gasteiger partial charge in [0.25, 0.3) is 0 Å². The number of aryl methyl sites for hydroxylation is 1. The lowest BCUT2D eigenvalue weighted by Gasteiger charge is -2.49. The van der Waals surface area contributed by atoms with Crippen LogP contribution < -0.4 is 4.74 Å². The summed E-state index contributed by atoms with van der Waals surface area (Å²) in [5, 5.41) is 0. The molecule has 22 heavy (non-hydrogen) atoms. The lowest BCUT2D eigenvalue weighted by atomic mass is 9.68. The van der Waals surface area contributed by atoms with E-state index in [4.69, 9.17) is 9.47 Å². The molecule has 4 rings (SSSR count). The van der Waals surface area contributed by atoms with Crippen molar-refractivity contribution < 1.29 is 14.3 Å². The Kier molecular flexibility index (Phi) is 3.12. The highest BCUT2D eigenvalue weighted by atomic mass is 16.5. The molecule has 1 aromatic rings. The summed E-state index contributed by atoms with van der Waals surface area (Å²) in [7, 11) is 1.72. The summed E-state index contributed by atoms with van der Waals surface area (Å²) in [6, 6.07) is 6.39. The number of hydrogen-bond donors (Lipinski definition) is 0. The molecule has 0 radical (unpaired) electrons. The predicted molar refractivity (Wildman–Crippen MR) is 84.1 cm³/mol. The molecule has 2 aliphatic carbocycles. The molecule has 0 N–H and O–H groups in total. The SMILES string of the molecule is COc1ccc2c(c1)CCC[C@@]21CC[C@]2(C)C(=O)CC[C@@H]2O1. The molecule has 0 aromatic heterocycles. The van der Waals surface area contributed by atoms with Crippen molar-refractivity contribution in [3.8, 4) is 5.75 Å². The van der Waals surface area contributed by atoms with Gasteiger partial charge >= 0.3 is 0 Å². The topological polar surface area (TPSA) is 35.5 Å². The zero-order chi connectivity index (χ0) is 15.4. The largest absolute Gasteiger partial charge is 0.497 e. The second-order valence-electron chi connectivity index (χ2n) is 7.36. The first-order valence-electron chi connectivity index (χ1n) is 8.46. The first-order valence-corrected chi connectivity index (χ1v) is 8.46. The number of methoxy groups -OCH3 is 1. The minimum absolute atomic E-state index is 0.0989. The van der Waals surface area contributed by atoms with E-state index in [0.29, 0.717) is 12.2 Å². The van der Waals surface area contributed by atoms with Crippen LogP contribution in [-0.4, -0.2) is 19.0 Å². The maximum atomic E-state index is 12.2. The van der Waals surface area contributed by atoms with E-state index in [1.807, 2.05) is 6.07 Å². The Labute approximate surface area is 132 Å². The number of carbonyl (C=O) groups excluding carboxylic acids is 1. The summed E-state index contributed by atoms with van der Waals surface area (Å²) in [5.41, 5.74) is 2.28. The highest BCUT2D eigenvalue weighted by Gasteiger charge is 2.55. The van der Waals surface area contributed by atoms with E-state index >= 15 is 0 Å². The fraction of sp³-hybridized carbons (Fsp3) is 0.632. The van der Waals surface area contributed by atoms with Crippen LogP contribution in [0.3, 0.4) is 0 Å². The van der Waals surface area contributed by atoms with Gasteiger partial charge in [0, 0.05) is 6.42 Å². The maximum absolute atomic E-state index is 12.2. The fourth-order valence-electron chi connectivity index (χ4n) is 4.76. The molecule has 1 aromatic carbocycles. The van der Waals surface area contributed by atoms with Gasteiger partial charge in [0.2, 0.25) is 0 Å². The smallest absolute Gasteiger partial charge is 0.141 e. The normalized spacial score (nSPS) is 37.0. The molecule has 3 atom stereocenters. The maximum Gasteiger partial charge on any atom is 0.141 e. The average molecular weight is 300 g/mol. The summed E-state index contributed by atoms with van der Waals surface area (Å²) in [6.45, 7) is 2.11. The van der Waals surface area contributed by atoms with E-state index in [9.17, 15) is 4.79 Å². The number of fused-ring (bicyclic) bond motifs is 3. The van der Waals surface area contributed by atoms with Crippen LogP contribution in [0.15, 0.2) is 18.2 Å². The third-order valence-corrected chi connectivity index (χ3v) is 6.23. The van der Waals surface area contributed by atoms with E-state index in [1.54, 1.807) is 7.11 Å². The number of Topliss-reactive ketones (excluding diaryl/α,β-unsaturated/α-hetero) is 1. The first kappa shape index (κ1) is 14.3. The first-order chi connectivity index (χ1) is 10.6. The number of ether oxygens (including phenoxy) is 2. The van der Waals surface area contributed by atoms with Gasteiger partial charge in [-0.2, -0.15) is 0 Å². The van der Waals surface area contributed by atoms with Crippen molar-refractivity contribution in [2.24, 2.45) is 5.41 Å². The summed E-state index contributed by atoms with van der Waals surface area (Å²) < 4.78 is 12.0. The second-order valence-corrected chi connectivity index (χ2v) is 7.36. The van der Waals surface area contributed by atoms with E-state index in [1.165, 1.54) is 11.1 Å². The molecule has 1 saturated heterocycles. The molecule has 1 heterocycles. The molecule has 3 aliphatic rings. The molecule has 1 aliphatic heterocycles. The fourth-order valence-corrected chi connectivity index (χ4v) is 4.76. The van der Waals surface area contributed by atoms with Gasteiger partial charge in [-0.15, -0.1) is 0 Å². The van der Waals surface area contributed by atoms with Crippen molar-refractivity contribution in [2.75, 3.05) is 7.11 Å². The summed E-state index contributed by atoms with van der Waals surface area (Å²) >= 11 is 0. The van der Waals surface area contributed by atoms with Gasteiger partial charge < -0.3 is 9.47 Å². The van der Waals surface area contributed by atoms with Gasteiger partial charge in [-0.25, -0.2) is 0 Å². The molecule has 0 amide bonds. The molecule has 0 unspecified atom stereocenters. The molecular weight excluding hydrogens is 276 g/mol. The molecule has 118 valence electrons. The summed E-state index contributed by atoms with van der Waals surface area (Å²) in [6.07, 6.45) is 6.92. The minimum Gasteiger partial charge on any atom is -0.497 e. The van der Waals surface area contributed by atoms with Crippen LogP contribution >= 0.6 is 0 Å².